The van der Waals surface area contributed by atoms with Gasteiger partial charge in [0.15, 0.2) is 0 Å². The van der Waals surface area contributed by atoms with Gasteiger partial charge in [0.05, 0.1) is 0 Å². The molecular weight excluding hydrogens is 172 g/mol. The summed E-state index contributed by atoms with van der Waals surface area (Å²) in [5.41, 5.74) is 6.38. The first kappa shape index (κ1) is 12.0. The summed E-state index contributed by atoms with van der Waals surface area (Å²) < 4.78 is 0. The summed E-state index contributed by atoms with van der Waals surface area (Å²) in [5.74, 6) is 0. The quantitative estimate of drug-likeness (QED) is 0.703. The molecule has 0 aromatic rings. The van der Waals surface area contributed by atoms with Crippen LogP contribution in [0.5, 0.6) is 0 Å². The van der Waals surface area contributed by atoms with Crippen molar-refractivity contribution in [3.8, 4) is 0 Å². The Bertz CT molecular complexity index is 166. The van der Waals surface area contributed by atoms with Gasteiger partial charge in [-0.25, -0.2) is 0 Å². The van der Waals surface area contributed by atoms with E-state index in [2.05, 4.69) is 25.7 Å². The molecule has 14 heavy (non-hydrogen) atoms. The fraction of sp³-hybridized carbons (Fsp3) is 1.00. The highest BCUT2D eigenvalue weighted by atomic mass is 15.2. The second-order valence-electron chi connectivity index (χ2n) is 5.10. The first-order chi connectivity index (χ1) is 6.59. The molecule has 1 unspecified atom stereocenters. The molecule has 84 valence electrons. The molecule has 2 nitrogen and oxygen atoms in total. The Morgan fingerprint density at radius 2 is 2.07 bits per heavy atom. The number of nitrogens with zero attached hydrogens (tertiary/aromatic N) is 1. The lowest BCUT2D eigenvalue weighted by Crippen LogP contribution is -2.59. The van der Waals surface area contributed by atoms with E-state index in [0.717, 1.165) is 0 Å². The zero-order valence-corrected chi connectivity index (χ0v) is 10.1. The molecule has 0 spiro atoms. The summed E-state index contributed by atoms with van der Waals surface area (Å²) in [7, 11) is 0. The SMILES string of the molecule is CCCCCN1CCCC(N)C1(C)C. The van der Waals surface area contributed by atoms with E-state index in [1.54, 1.807) is 0 Å². The molecule has 0 aromatic carbocycles. The summed E-state index contributed by atoms with van der Waals surface area (Å²) in [6.07, 6.45) is 6.45. The van der Waals surface area contributed by atoms with Gasteiger partial charge in [0.2, 0.25) is 0 Å². The van der Waals surface area contributed by atoms with Gasteiger partial charge in [0, 0.05) is 11.6 Å². The van der Waals surface area contributed by atoms with E-state index in [1.165, 1.54) is 45.2 Å². The minimum Gasteiger partial charge on any atom is -0.326 e. The van der Waals surface area contributed by atoms with Crippen LogP contribution in [0, 0.1) is 0 Å². The van der Waals surface area contributed by atoms with E-state index in [0.29, 0.717) is 6.04 Å². The monoisotopic (exact) mass is 198 g/mol. The number of likely N-dealkylation sites (tertiary alicyclic amines) is 1. The van der Waals surface area contributed by atoms with Gasteiger partial charge in [0.25, 0.3) is 0 Å². The highest BCUT2D eigenvalue weighted by molar-refractivity contribution is 4.95. The average Bonchev–Trinajstić information content (AvgIpc) is 2.13. The second-order valence-corrected chi connectivity index (χ2v) is 5.10. The third-order valence-electron chi connectivity index (χ3n) is 3.70. The molecule has 1 fully saturated rings. The number of nitrogens with two attached hydrogens (primary N) is 1. The number of piperidine rings is 1. The standard InChI is InChI=1S/C12H26N2/c1-4-5-6-9-14-10-7-8-11(13)12(14,2)3/h11H,4-10,13H2,1-3H3. The Morgan fingerprint density at radius 3 is 2.71 bits per heavy atom. The molecule has 0 amide bonds. The summed E-state index contributed by atoms with van der Waals surface area (Å²) in [4.78, 5) is 2.58. The number of rotatable bonds is 4. The van der Waals surface area contributed by atoms with E-state index >= 15 is 0 Å². The van der Waals surface area contributed by atoms with Crippen LogP contribution in [0.3, 0.4) is 0 Å². The van der Waals surface area contributed by atoms with Gasteiger partial charge in [-0.15, -0.1) is 0 Å². The first-order valence-corrected chi connectivity index (χ1v) is 6.09. The lowest BCUT2D eigenvalue weighted by Gasteiger charge is -2.46. The maximum Gasteiger partial charge on any atom is 0.0304 e. The Kier molecular flexibility index (Phi) is 4.39. The molecule has 2 heteroatoms. The highest BCUT2D eigenvalue weighted by Crippen LogP contribution is 2.26. The van der Waals surface area contributed by atoms with Crippen LogP contribution in [0.4, 0.5) is 0 Å². The average molecular weight is 198 g/mol. The Hall–Kier alpha value is -0.0800. The molecule has 1 saturated heterocycles. The van der Waals surface area contributed by atoms with Crippen LogP contribution in [0.1, 0.15) is 52.9 Å². The van der Waals surface area contributed by atoms with Gasteiger partial charge >= 0.3 is 0 Å². The molecule has 1 aliphatic rings. The second kappa shape index (κ2) is 5.13. The molecule has 1 rings (SSSR count). The van der Waals surface area contributed by atoms with Crippen molar-refractivity contribution in [2.75, 3.05) is 13.1 Å². The van der Waals surface area contributed by atoms with Crippen molar-refractivity contribution in [3.05, 3.63) is 0 Å². The van der Waals surface area contributed by atoms with Crippen molar-refractivity contribution in [2.24, 2.45) is 5.73 Å². The zero-order valence-electron chi connectivity index (χ0n) is 10.1. The zero-order chi connectivity index (χ0) is 10.6. The lowest BCUT2D eigenvalue weighted by molar-refractivity contribution is 0.0560. The van der Waals surface area contributed by atoms with E-state index in [-0.39, 0.29) is 5.54 Å². The topological polar surface area (TPSA) is 29.3 Å². The van der Waals surface area contributed by atoms with Crippen molar-refractivity contribution in [1.29, 1.82) is 0 Å². The summed E-state index contributed by atoms with van der Waals surface area (Å²) >= 11 is 0. The van der Waals surface area contributed by atoms with Crippen molar-refractivity contribution in [1.82, 2.24) is 4.90 Å². The summed E-state index contributed by atoms with van der Waals surface area (Å²) in [6.45, 7) is 9.32. The van der Waals surface area contributed by atoms with Crippen molar-refractivity contribution < 1.29 is 0 Å². The van der Waals surface area contributed by atoms with Crippen LogP contribution >= 0.6 is 0 Å². The molecule has 0 radical (unpaired) electrons. The van der Waals surface area contributed by atoms with Crippen molar-refractivity contribution >= 4 is 0 Å². The van der Waals surface area contributed by atoms with Crippen LogP contribution in [-0.4, -0.2) is 29.6 Å². The van der Waals surface area contributed by atoms with Crippen LogP contribution in [0.15, 0.2) is 0 Å². The predicted molar refractivity (Wildman–Crippen MR) is 62.4 cm³/mol. The molecule has 0 aliphatic carbocycles. The maximum atomic E-state index is 6.17. The smallest absolute Gasteiger partial charge is 0.0304 e. The van der Waals surface area contributed by atoms with Crippen molar-refractivity contribution in [2.45, 2.75) is 64.5 Å². The van der Waals surface area contributed by atoms with E-state index in [9.17, 15) is 0 Å². The van der Waals surface area contributed by atoms with Gasteiger partial charge in [-0.05, 0) is 46.2 Å². The first-order valence-electron chi connectivity index (χ1n) is 6.09. The minimum atomic E-state index is 0.214. The van der Waals surface area contributed by atoms with Gasteiger partial charge in [-0.3, -0.25) is 4.90 Å². The molecule has 2 N–H and O–H groups in total. The fourth-order valence-corrected chi connectivity index (χ4v) is 2.33. The largest absolute Gasteiger partial charge is 0.326 e. The molecule has 1 aliphatic heterocycles. The normalized spacial score (nSPS) is 27.9. The van der Waals surface area contributed by atoms with Crippen molar-refractivity contribution in [3.63, 3.8) is 0 Å². The molecular formula is C12H26N2. The van der Waals surface area contributed by atoms with E-state index in [1.807, 2.05) is 0 Å². The van der Waals surface area contributed by atoms with Crippen LogP contribution < -0.4 is 5.73 Å². The third kappa shape index (κ3) is 2.71. The lowest BCUT2D eigenvalue weighted by atomic mass is 9.85. The minimum absolute atomic E-state index is 0.214. The van der Waals surface area contributed by atoms with Gasteiger partial charge in [-0.1, -0.05) is 19.8 Å². The molecule has 1 heterocycles. The summed E-state index contributed by atoms with van der Waals surface area (Å²) in [5, 5.41) is 0. The fourth-order valence-electron chi connectivity index (χ4n) is 2.33. The Labute approximate surface area is 88.8 Å². The Balaban J connectivity index is 2.41. The van der Waals surface area contributed by atoms with Gasteiger partial charge < -0.3 is 5.73 Å². The summed E-state index contributed by atoms with van der Waals surface area (Å²) in [6, 6.07) is 0.359. The third-order valence-corrected chi connectivity index (χ3v) is 3.70. The molecule has 0 aromatic heterocycles. The number of unbranched alkanes of at least 4 members (excludes halogenated alkanes) is 2. The van der Waals surface area contributed by atoms with E-state index in [4.69, 9.17) is 5.73 Å². The van der Waals surface area contributed by atoms with Crippen LogP contribution in [-0.2, 0) is 0 Å². The highest BCUT2D eigenvalue weighted by Gasteiger charge is 2.35. The van der Waals surface area contributed by atoms with E-state index < -0.39 is 0 Å². The predicted octanol–water partition coefficient (Wildman–Crippen LogP) is 2.38. The molecule has 1 atom stereocenters. The molecule has 0 bridgehead atoms. The van der Waals surface area contributed by atoms with Gasteiger partial charge in [0.1, 0.15) is 0 Å². The number of hydrogen-bond donors (Lipinski definition) is 1. The van der Waals surface area contributed by atoms with Crippen LogP contribution in [0.25, 0.3) is 0 Å². The number of hydrogen-bond acceptors (Lipinski definition) is 2. The van der Waals surface area contributed by atoms with Gasteiger partial charge in [-0.2, -0.15) is 0 Å². The molecule has 0 saturated carbocycles. The van der Waals surface area contributed by atoms with Crippen LogP contribution in [0.2, 0.25) is 0 Å². The Morgan fingerprint density at radius 1 is 1.36 bits per heavy atom. The maximum absolute atomic E-state index is 6.17.